The molecule has 1 N–H and O–H groups in total. The average molecular weight is 275 g/mol. The van der Waals surface area contributed by atoms with Crippen LogP contribution in [0.1, 0.15) is 20.3 Å². The van der Waals surface area contributed by atoms with E-state index < -0.39 is 0 Å². The van der Waals surface area contributed by atoms with Crippen LogP contribution in [0.25, 0.3) is 0 Å². The van der Waals surface area contributed by atoms with Crippen molar-refractivity contribution in [2.75, 3.05) is 18.4 Å². The van der Waals surface area contributed by atoms with Crippen molar-refractivity contribution in [3.63, 3.8) is 0 Å². The average Bonchev–Trinajstić information content (AvgIpc) is 1.80. The van der Waals surface area contributed by atoms with Gasteiger partial charge in [0, 0.05) is 5.33 Å². The van der Waals surface area contributed by atoms with Gasteiger partial charge in [-0.25, -0.2) is 0 Å². The van der Waals surface area contributed by atoms with Crippen LogP contribution in [0.5, 0.6) is 0 Å². The quantitative estimate of drug-likeness (QED) is 0.600. The van der Waals surface area contributed by atoms with Crippen LogP contribution in [0.2, 0.25) is 0 Å². The van der Waals surface area contributed by atoms with E-state index in [0.29, 0.717) is 0 Å². The second-order valence-electron chi connectivity index (χ2n) is 2.64. The van der Waals surface area contributed by atoms with Crippen LogP contribution in [0, 0.1) is 5.92 Å². The van der Waals surface area contributed by atoms with Crippen LogP contribution in [0.4, 0.5) is 0 Å². The van der Waals surface area contributed by atoms with E-state index in [9.17, 15) is 0 Å². The van der Waals surface area contributed by atoms with Crippen molar-refractivity contribution in [2.45, 2.75) is 20.3 Å². The molecule has 0 spiro atoms. The molecule has 0 aromatic carbocycles. The summed E-state index contributed by atoms with van der Waals surface area (Å²) in [5.74, 6) is 0.778. The first-order valence-corrected chi connectivity index (χ1v) is 4.66. The molecule has 3 heteroatoms. The van der Waals surface area contributed by atoms with Gasteiger partial charge in [0.2, 0.25) is 0 Å². The third-order valence-electron chi connectivity index (χ3n) is 1.04. The lowest BCUT2D eigenvalue weighted by molar-refractivity contribution is 0.552. The predicted octanol–water partition coefficient (Wildman–Crippen LogP) is 2.59. The molecule has 0 unspecified atom stereocenters. The van der Waals surface area contributed by atoms with Gasteiger partial charge in [0.25, 0.3) is 0 Å². The number of rotatable bonds is 5. The summed E-state index contributed by atoms with van der Waals surface area (Å²) in [6.07, 6.45) is 1.23. The minimum absolute atomic E-state index is 0. The molecule has 0 aromatic rings. The summed E-state index contributed by atoms with van der Waals surface area (Å²) >= 11 is 3.38. The molecule has 0 aromatic heterocycles. The fourth-order valence-corrected chi connectivity index (χ4v) is 0.863. The topological polar surface area (TPSA) is 12.0 Å². The van der Waals surface area contributed by atoms with Crippen molar-refractivity contribution in [1.29, 1.82) is 0 Å². The van der Waals surface area contributed by atoms with Crippen LogP contribution in [-0.4, -0.2) is 18.4 Å². The van der Waals surface area contributed by atoms with E-state index in [1.807, 2.05) is 0 Å². The standard InChI is InChI=1S/C7H16BrN.BrH/c1-7(2)6-9-5-3-4-8;/h7,9H,3-6H2,1-2H3;1H. The van der Waals surface area contributed by atoms with Crippen molar-refractivity contribution in [3.05, 3.63) is 0 Å². The molecular weight excluding hydrogens is 258 g/mol. The van der Waals surface area contributed by atoms with Gasteiger partial charge >= 0.3 is 0 Å². The normalized spacial score (nSPS) is 9.60. The van der Waals surface area contributed by atoms with Gasteiger partial charge in [0.1, 0.15) is 0 Å². The molecule has 0 rings (SSSR count). The zero-order valence-corrected chi connectivity index (χ0v) is 9.99. The molecule has 0 aliphatic heterocycles. The third kappa shape index (κ3) is 11.7. The van der Waals surface area contributed by atoms with Crippen molar-refractivity contribution in [3.8, 4) is 0 Å². The highest BCUT2D eigenvalue weighted by molar-refractivity contribution is 9.09. The predicted molar refractivity (Wildman–Crippen MR) is 56.4 cm³/mol. The molecule has 1 nitrogen and oxygen atoms in total. The third-order valence-corrected chi connectivity index (χ3v) is 1.60. The number of hydrogen-bond acceptors (Lipinski definition) is 1. The largest absolute Gasteiger partial charge is 0.316 e. The molecule has 0 aliphatic rings. The van der Waals surface area contributed by atoms with E-state index in [0.717, 1.165) is 24.3 Å². The van der Waals surface area contributed by atoms with Gasteiger partial charge < -0.3 is 5.32 Å². The minimum Gasteiger partial charge on any atom is -0.316 e. The zero-order valence-electron chi connectivity index (χ0n) is 6.69. The van der Waals surface area contributed by atoms with Gasteiger partial charge in [-0.05, 0) is 25.4 Å². The summed E-state index contributed by atoms with van der Waals surface area (Å²) in [7, 11) is 0. The second-order valence-corrected chi connectivity index (χ2v) is 3.43. The Bertz CT molecular complexity index is 57.6. The lowest BCUT2D eigenvalue weighted by Crippen LogP contribution is -2.20. The fraction of sp³-hybridized carbons (Fsp3) is 1.00. The van der Waals surface area contributed by atoms with Gasteiger partial charge in [0.05, 0.1) is 0 Å². The van der Waals surface area contributed by atoms with Crippen LogP contribution >= 0.6 is 32.9 Å². The lowest BCUT2D eigenvalue weighted by atomic mass is 10.2. The fourth-order valence-electron chi connectivity index (χ4n) is 0.583. The minimum atomic E-state index is 0. The molecule has 0 atom stereocenters. The first-order chi connectivity index (χ1) is 4.27. The maximum atomic E-state index is 3.38. The highest BCUT2D eigenvalue weighted by Gasteiger charge is 1.90. The summed E-state index contributed by atoms with van der Waals surface area (Å²) in [5, 5.41) is 4.46. The Morgan fingerprint density at radius 3 is 2.40 bits per heavy atom. The highest BCUT2D eigenvalue weighted by Crippen LogP contribution is 1.88. The van der Waals surface area contributed by atoms with E-state index in [1.165, 1.54) is 6.42 Å². The SMILES string of the molecule is Br.CC(C)CNCCCBr. The summed E-state index contributed by atoms with van der Waals surface area (Å²) < 4.78 is 0. The molecule has 0 bridgehead atoms. The van der Waals surface area contributed by atoms with Crippen LogP contribution < -0.4 is 5.32 Å². The van der Waals surface area contributed by atoms with Gasteiger partial charge in [-0.2, -0.15) is 0 Å². The maximum Gasteiger partial charge on any atom is 0.00433 e. The van der Waals surface area contributed by atoms with Gasteiger partial charge in [-0.15, -0.1) is 17.0 Å². The number of hydrogen-bond donors (Lipinski definition) is 1. The maximum absolute atomic E-state index is 3.38. The Kier molecular flexibility index (Phi) is 13.4. The smallest absolute Gasteiger partial charge is 0.00433 e. The van der Waals surface area contributed by atoms with E-state index in [4.69, 9.17) is 0 Å². The van der Waals surface area contributed by atoms with Crippen LogP contribution in [0.3, 0.4) is 0 Å². The Labute approximate surface area is 82.9 Å². The molecule has 0 radical (unpaired) electrons. The monoisotopic (exact) mass is 273 g/mol. The highest BCUT2D eigenvalue weighted by atomic mass is 79.9. The first-order valence-electron chi connectivity index (χ1n) is 3.54. The summed E-state index contributed by atoms with van der Waals surface area (Å²) in [6.45, 7) is 6.73. The van der Waals surface area contributed by atoms with Crippen molar-refractivity contribution < 1.29 is 0 Å². The Morgan fingerprint density at radius 2 is 2.00 bits per heavy atom. The van der Waals surface area contributed by atoms with E-state index in [2.05, 4.69) is 35.1 Å². The number of alkyl halides is 1. The summed E-state index contributed by atoms with van der Waals surface area (Å²) in [5.41, 5.74) is 0. The zero-order chi connectivity index (χ0) is 7.11. The molecule has 0 saturated carbocycles. The van der Waals surface area contributed by atoms with Crippen molar-refractivity contribution in [2.24, 2.45) is 5.92 Å². The molecule has 0 fully saturated rings. The van der Waals surface area contributed by atoms with Gasteiger partial charge in [-0.3, -0.25) is 0 Å². The molecular formula is C7H17Br2N. The molecule has 0 heterocycles. The van der Waals surface area contributed by atoms with E-state index in [1.54, 1.807) is 0 Å². The van der Waals surface area contributed by atoms with Crippen LogP contribution in [-0.2, 0) is 0 Å². The first kappa shape index (κ1) is 13.5. The van der Waals surface area contributed by atoms with E-state index in [-0.39, 0.29) is 17.0 Å². The Balaban J connectivity index is 0. The van der Waals surface area contributed by atoms with Crippen molar-refractivity contribution in [1.82, 2.24) is 5.32 Å². The Morgan fingerprint density at radius 1 is 1.40 bits per heavy atom. The Hall–Kier alpha value is 0.920. The molecule has 10 heavy (non-hydrogen) atoms. The molecule has 0 saturated heterocycles. The number of nitrogens with one attached hydrogen (secondary N) is 1. The van der Waals surface area contributed by atoms with Crippen LogP contribution in [0.15, 0.2) is 0 Å². The second kappa shape index (κ2) is 9.92. The molecule has 0 aliphatic carbocycles. The van der Waals surface area contributed by atoms with E-state index >= 15 is 0 Å². The van der Waals surface area contributed by atoms with Gasteiger partial charge in [-0.1, -0.05) is 29.8 Å². The van der Waals surface area contributed by atoms with Crippen molar-refractivity contribution >= 4 is 32.9 Å². The summed E-state index contributed by atoms with van der Waals surface area (Å²) in [6, 6.07) is 0. The summed E-state index contributed by atoms with van der Waals surface area (Å²) in [4.78, 5) is 0. The lowest BCUT2D eigenvalue weighted by Gasteiger charge is -2.04. The molecule has 0 amide bonds. The van der Waals surface area contributed by atoms with Gasteiger partial charge in [0.15, 0.2) is 0 Å². The number of halogens is 2. The molecule has 64 valence electrons.